The third-order valence-corrected chi connectivity index (χ3v) is 6.40. The monoisotopic (exact) mass is 609 g/mol. The van der Waals surface area contributed by atoms with Gasteiger partial charge >= 0.3 is 0 Å². The molecule has 1 aromatic heterocycles. The minimum atomic E-state index is -0.383. The van der Waals surface area contributed by atoms with Crippen LogP contribution in [0.25, 0.3) is 0 Å². The van der Waals surface area contributed by atoms with Crippen LogP contribution in [0, 0.1) is 0 Å². The number of halogens is 1. The number of carbonyl (C=O) groups excluding carboxylic acids is 2. The standard InChI is InChI=1S/C27H24BrN5O5S/c1-36-22-9-5-6-10-23(22)38-14-13-37-21-12-11-20(28)15-19(21)17-29-31-24(34)16-25-32-33-27(39-25)30-26(35)18-7-3-2-4-8-18/h2-12,15,17H,13-14,16H2,1H3,(H,31,34)(H,30,33,35)/b29-17-. The molecule has 0 fully saturated rings. The molecular formula is C27H24BrN5O5S. The van der Waals surface area contributed by atoms with Crippen molar-refractivity contribution in [2.75, 3.05) is 25.6 Å². The van der Waals surface area contributed by atoms with Gasteiger partial charge in [0.1, 0.15) is 24.0 Å². The highest BCUT2D eigenvalue weighted by atomic mass is 79.9. The fourth-order valence-electron chi connectivity index (χ4n) is 3.28. The molecule has 2 N–H and O–H groups in total. The highest BCUT2D eigenvalue weighted by molar-refractivity contribution is 9.10. The lowest BCUT2D eigenvalue weighted by Gasteiger charge is -2.12. The van der Waals surface area contributed by atoms with Gasteiger partial charge < -0.3 is 14.2 Å². The lowest BCUT2D eigenvalue weighted by Crippen LogP contribution is -2.19. The number of nitrogens with zero attached hydrogens (tertiary/aromatic N) is 3. The Kier molecular flexibility index (Phi) is 9.98. The predicted octanol–water partition coefficient (Wildman–Crippen LogP) is 4.71. The third kappa shape index (κ3) is 8.35. The molecule has 0 spiro atoms. The molecular weight excluding hydrogens is 586 g/mol. The zero-order chi connectivity index (χ0) is 27.5. The highest BCUT2D eigenvalue weighted by Gasteiger charge is 2.12. The van der Waals surface area contributed by atoms with Crippen LogP contribution in [-0.2, 0) is 11.2 Å². The van der Waals surface area contributed by atoms with Crippen molar-refractivity contribution >= 4 is 50.4 Å². The van der Waals surface area contributed by atoms with Crippen molar-refractivity contribution < 1.29 is 23.8 Å². The Balaban J connectivity index is 1.27. The second kappa shape index (κ2) is 14.0. The van der Waals surface area contributed by atoms with Crippen molar-refractivity contribution in [2.24, 2.45) is 5.10 Å². The molecule has 0 saturated heterocycles. The molecule has 39 heavy (non-hydrogen) atoms. The number of rotatable bonds is 12. The number of hydrogen-bond donors (Lipinski definition) is 2. The number of benzene rings is 3. The van der Waals surface area contributed by atoms with E-state index in [1.807, 2.05) is 42.5 Å². The van der Waals surface area contributed by atoms with E-state index in [1.54, 1.807) is 37.4 Å². The highest BCUT2D eigenvalue weighted by Crippen LogP contribution is 2.26. The Morgan fingerprint density at radius 1 is 0.949 bits per heavy atom. The molecule has 0 unspecified atom stereocenters. The summed E-state index contributed by atoms with van der Waals surface area (Å²) in [5.41, 5.74) is 3.63. The van der Waals surface area contributed by atoms with Crippen LogP contribution in [0.2, 0.25) is 0 Å². The summed E-state index contributed by atoms with van der Waals surface area (Å²) in [7, 11) is 1.59. The van der Waals surface area contributed by atoms with E-state index in [9.17, 15) is 9.59 Å². The Morgan fingerprint density at radius 2 is 1.67 bits per heavy atom. The minimum absolute atomic E-state index is 0.0433. The molecule has 3 aromatic carbocycles. The zero-order valence-corrected chi connectivity index (χ0v) is 23.2. The van der Waals surface area contributed by atoms with E-state index in [0.29, 0.717) is 45.1 Å². The predicted molar refractivity (Wildman–Crippen MR) is 152 cm³/mol. The Labute approximate surface area is 237 Å². The summed E-state index contributed by atoms with van der Waals surface area (Å²) in [6.45, 7) is 0.590. The smallest absolute Gasteiger partial charge is 0.257 e. The molecule has 0 aliphatic rings. The van der Waals surface area contributed by atoms with Gasteiger partial charge in [0.25, 0.3) is 5.91 Å². The number of anilines is 1. The van der Waals surface area contributed by atoms with Gasteiger partial charge in [-0.1, -0.05) is 57.6 Å². The van der Waals surface area contributed by atoms with Gasteiger partial charge in [-0.15, -0.1) is 10.2 Å². The maximum absolute atomic E-state index is 12.4. The van der Waals surface area contributed by atoms with Crippen LogP contribution in [0.5, 0.6) is 17.2 Å². The maximum Gasteiger partial charge on any atom is 0.257 e. The van der Waals surface area contributed by atoms with Crippen LogP contribution in [0.1, 0.15) is 20.9 Å². The van der Waals surface area contributed by atoms with Gasteiger partial charge in [-0.05, 0) is 42.5 Å². The van der Waals surface area contributed by atoms with Crippen molar-refractivity contribution in [3.63, 3.8) is 0 Å². The molecule has 10 nitrogen and oxygen atoms in total. The number of amides is 2. The van der Waals surface area contributed by atoms with E-state index in [1.165, 1.54) is 6.21 Å². The van der Waals surface area contributed by atoms with E-state index >= 15 is 0 Å². The number of hydrogen-bond acceptors (Lipinski definition) is 9. The summed E-state index contributed by atoms with van der Waals surface area (Å²) in [5, 5.41) is 15.4. The Hall–Kier alpha value is -4.29. The summed E-state index contributed by atoms with van der Waals surface area (Å²) >= 11 is 4.55. The second-order valence-corrected chi connectivity index (χ2v) is 9.80. The van der Waals surface area contributed by atoms with E-state index in [2.05, 4.69) is 42.0 Å². The summed E-state index contributed by atoms with van der Waals surface area (Å²) < 4.78 is 17.7. The van der Waals surface area contributed by atoms with Gasteiger partial charge in [-0.3, -0.25) is 14.9 Å². The van der Waals surface area contributed by atoms with Crippen molar-refractivity contribution in [1.82, 2.24) is 15.6 Å². The number of hydrazone groups is 1. The van der Waals surface area contributed by atoms with Crippen LogP contribution < -0.4 is 25.0 Å². The lowest BCUT2D eigenvalue weighted by molar-refractivity contribution is -0.120. The first-order valence-corrected chi connectivity index (χ1v) is 13.3. The number of aromatic nitrogens is 2. The van der Waals surface area contributed by atoms with Crippen molar-refractivity contribution in [2.45, 2.75) is 6.42 Å². The number of nitrogens with one attached hydrogen (secondary N) is 2. The van der Waals surface area contributed by atoms with Crippen LogP contribution in [0.15, 0.2) is 82.4 Å². The SMILES string of the molecule is COc1ccccc1OCCOc1ccc(Br)cc1/C=N\NC(=O)Cc1nnc(NC(=O)c2ccccc2)s1. The number of ether oxygens (including phenoxy) is 3. The van der Waals surface area contributed by atoms with Gasteiger partial charge in [0.05, 0.1) is 19.7 Å². The molecule has 0 radical (unpaired) electrons. The average molecular weight is 610 g/mol. The van der Waals surface area contributed by atoms with Crippen LogP contribution in [0.3, 0.4) is 0 Å². The van der Waals surface area contributed by atoms with E-state index in [4.69, 9.17) is 14.2 Å². The number of para-hydroxylation sites is 2. The van der Waals surface area contributed by atoms with Gasteiger partial charge in [-0.25, -0.2) is 5.43 Å². The maximum atomic E-state index is 12.4. The molecule has 0 saturated carbocycles. The summed E-state index contributed by atoms with van der Waals surface area (Å²) in [4.78, 5) is 24.6. The molecule has 200 valence electrons. The summed E-state index contributed by atoms with van der Waals surface area (Å²) in [6.07, 6.45) is 1.45. The van der Waals surface area contributed by atoms with Crippen LogP contribution in [-0.4, -0.2) is 48.5 Å². The normalized spacial score (nSPS) is 10.7. The molecule has 2 amide bonds. The molecule has 0 aliphatic heterocycles. The first-order valence-electron chi connectivity index (χ1n) is 11.7. The van der Waals surface area contributed by atoms with Crippen LogP contribution >= 0.6 is 27.3 Å². The quantitative estimate of drug-likeness (QED) is 0.135. The summed E-state index contributed by atoms with van der Waals surface area (Å²) in [5.74, 6) is 1.16. The van der Waals surface area contributed by atoms with Crippen molar-refractivity contribution in [3.05, 3.63) is 93.4 Å². The molecule has 0 aliphatic carbocycles. The minimum Gasteiger partial charge on any atom is -0.493 e. The van der Waals surface area contributed by atoms with Crippen molar-refractivity contribution in [1.29, 1.82) is 0 Å². The van der Waals surface area contributed by atoms with Gasteiger partial charge in [-0.2, -0.15) is 5.10 Å². The second-order valence-electron chi connectivity index (χ2n) is 7.82. The van der Waals surface area contributed by atoms with Crippen LogP contribution in [0.4, 0.5) is 5.13 Å². The zero-order valence-electron chi connectivity index (χ0n) is 20.8. The van der Waals surface area contributed by atoms with E-state index in [0.717, 1.165) is 15.8 Å². The largest absolute Gasteiger partial charge is 0.493 e. The van der Waals surface area contributed by atoms with Crippen molar-refractivity contribution in [3.8, 4) is 17.2 Å². The number of carbonyl (C=O) groups is 2. The van der Waals surface area contributed by atoms with Gasteiger partial charge in [0.2, 0.25) is 11.0 Å². The topological polar surface area (TPSA) is 124 Å². The van der Waals surface area contributed by atoms with E-state index < -0.39 is 0 Å². The third-order valence-electron chi connectivity index (χ3n) is 5.07. The molecule has 4 aromatic rings. The summed E-state index contributed by atoms with van der Waals surface area (Å²) in [6, 6.07) is 21.6. The average Bonchev–Trinajstić information content (AvgIpc) is 3.39. The molecule has 0 bridgehead atoms. The fraction of sp³-hybridized carbons (Fsp3) is 0.148. The molecule has 12 heteroatoms. The fourth-order valence-corrected chi connectivity index (χ4v) is 4.39. The first-order chi connectivity index (χ1) is 19.0. The number of methoxy groups -OCH3 is 1. The Bertz CT molecular complexity index is 1450. The van der Waals surface area contributed by atoms with Gasteiger partial charge in [0.15, 0.2) is 11.5 Å². The van der Waals surface area contributed by atoms with E-state index in [-0.39, 0.29) is 24.8 Å². The molecule has 1 heterocycles. The molecule has 4 rings (SSSR count). The van der Waals surface area contributed by atoms with Gasteiger partial charge in [0, 0.05) is 15.6 Å². The Morgan fingerprint density at radius 3 is 2.44 bits per heavy atom. The first kappa shape index (κ1) is 27.7. The molecule has 0 atom stereocenters. The lowest BCUT2D eigenvalue weighted by atomic mass is 10.2.